The quantitative estimate of drug-likeness (QED) is 0.639. The van der Waals surface area contributed by atoms with Gasteiger partial charge in [-0.1, -0.05) is 42.2 Å². The second-order valence-electron chi connectivity index (χ2n) is 6.00. The number of nitrogens with zero attached hydrogens (tertiary/aromatic N) is 2. The molecule has 0 fully saturated rings. The van der Waals surface area contributed by atoms with Crippen LogP contribution in [0.15, 0.2) is 28.6 Å². The first-order valence-corrected chi connectivity index (χ1v) is 10.00. The monoisotopic (exact) mass is 380 g/mol. The Kier molecular flexibility index (Phi) is 7.07. The highest BCUT2D eigenvalue weighted by Gasteiger charge is 2.18. The van der Waals surface area contributed by atoms with Crippen LogP contribution in [-0.4, -0.2) is 34.0 Å². The zero-order valence-electron chi connectivity index (χ0n) is 15.0. The lowest BCUT2D eigenvalue weighted by molar-refractivity contribution is -0.120. The molecule has 0 aliphatic carbocycles. The maximum Gasteiger partial charge on any atom is 0.230 e. The molecule has 0 aliphatic heterocycles. The van der Waals surface area contributed by atoms with E-state index in [9.17, 15) is 4.79 Å². The van der Waals surface area contributed by atoms with Crippen LogP contribution in [-0.2, 0) is 4.79 Å². The van der Waals surface area contributed by atoms with Gasteiger partial charge in [0.2, 0.25) is 11.0 Å². The number of ether oxygens (including phenoxy) is 1. The van der Waals surface area contributed by atoms with Gasteiger partial charge in [-0.25, -0.2) is 0 Å². The number of anilines is 2. The predicted octanol–water partition coefficient (Wildman–Crippen LogP) is 4.08. The second-order valence-corrected chi connectivity index (χ2v) is 8.20. The van der Waals surface area contributed by atoms with Crippen LogP contribution in [0.2, 0.25) is 0 Å². The Hall–Kier alpha value is -1.80. The van der Waals surface area contributed by atoms with Crippen molar-refractivity contribution in [2.75, 3.05) is 17.7 Å². The van der Waals surface area contributed by atoms with Gasteiger partial charge in [-0.05, 0) is 39.3 Å². The van der Waals surface area contributed by atoms with Crippen LogP contribution in [0.5, 0.6) is 5.75 Å². The van der Waals surface area contributed by atoms with Crippen LogP contribution in [0.3, 0.4) is 0 Å². The topological polar surface area (TPSA) is 76.1 Å². The average Bonchev–Trinajstić information content (AvgIpc) is 3.02. The van der Waals surface area contributed by atoms with Crippen LogP contribution in [0.25, 0.3) is 0 Å². The van der Waals surface area contributed by atoms with E-state index in [1.54, 1.807) is 0 Å². The fourth-order valence-corrected chi connectivity index (χ4v) is 3.48. The number of hydrogen-bond acceptors (Lipinski definition) is 7. The lowest BCUT2D eigenvalue weighted by atomic mass is 10.0. The Labute approximate surface area is 156 Å². The van der Waals surface area contributed by atoms with E-state index in [0.717, 1.165) is 22.2 Å². The molecule has 0 aliphatic rings. The molecule has 1 amide bonds. The summed E-state index contributed by atoms with van der Waals surface area (Å²) >= 11 is 2.80. The molecule has 8 heteroatoms. The first kappa shape index (κ1) is 19.5. The van der Waals surface area contributed by atoms with Crippen LogP contribution in [0.4, 0.5) is 10.8 Å². The molecule has 0 saturated heterocycles. The van der Waals surface area contributed by atoms with E-state index in [4.69, 9.17) is 4.74 Å². The van der Waals surface area contributed by atoms with Crippen molar-refractivity contribution in [3.8, 4) is 5.75 Å². The molecule has 2 N–H and O–H groups in total. The highest BCUT2D eigenvalue weighted by atomic mass is 32.2. The molecule has 1 aromatic carbocycles. The number of nitrogens with one attached hydrogen (secondary N) is 2. The maximum atomic E-state index is 12.0. The van der Waals surface area contributed by atoms with E-state index in [1.165, 1.54) is 23.1 Å². The fraction of sp³-hybridized carbons (Fsp3) is 0.471. The van der Waals surface area contributed by atoms with Crippen LogP contribution in [0, 0.1) is 0 Å². The minimum atomic E-state index is -0.186. The molecule has 0 atom stereocenters. The number of aromatic nitrogens is 2. The SMILES string of the molecule is CCOc1ccccc1Nc1nnc(SCC(=O)NC(C)(C)CC)s1. The normalized spacial score (nSPS) is 11.2. The Balaban J connectivity index is 1.91. The van der Waals surface area contributed by atoms with E-state index in [1.807, 2.05) is 45.0 Å². The summed E-state index contributed by atoms with van der Waals surface area (Å²) in [6.45, 7) is 8.62. The highest BCUT2D eigenvalue weighted by molar-refractivity contribution is 8.01. The average molecular weight is 381 g/mol. The van der Waals surface area contributed by atoms with Crippen molar-refractivity contribution in [3.63, 3.8) is 0 Å². The summed E-state index contributed by atoms with van der Waals surface area (Å²) in [6, 6.07) is 7.69. The van der Waals surface area contributed by atoms with Crippen molar-refractivity contribution >= 4 is 39.8 Å². The molecule has 0 bridgehead atoms. The molecule has 1 aromatic heterocycles. The minimum Gasteiger partial charge on any atom is -0.492 e. The highest BCUT2D eigenvalue weighted by Crippen LogP contribution is 2.31. The van der Waals surface area contributed by atoms with Gasteiger partial charge < -0.3 is 15.4 Å². The molecule has 25 heavy (non-hydrogen) atoms. The number of benzene rings is 1. The molecule has 6 nitrogen and oxygen atoms in total. The third-order valence-corrected chi connectivity index (χ3v) is 5.50. The molecular weight excluding hydrogens is 356 g/mol. The van der Waals surface area contributed by atoms with Crippen molar-refractivity contribution < 1.29 is 9.53 Å². The summed E-state index contributed by atoms with van der Waals surface area (Å²) in [5.74, 6) is 1.10. The fourth-order valence-electron chi connectivity index (χ4n) is 1.91. The van der Waals surface area contributed by atoms with E-state index in [0.29, 0.717) is 17.5 Å². The number of hydrogen-bond donors (Lipinski definition) is 2. The van der Waals surface area contributed by atoms with Crippen molar-refractivity contribution in [3.05, 3.63) is 24.3 Å². The molecule has 2 aromatic rings. The molecule has 0 radical (unpaired) electrons. The van der Waals surface area contributed by atoms with Crippen LogP contribution in [0.1, 0.15) is 34.1 Å². The number of carbonyl (C=O) groups is 1. The van der Waals surface area contributed by atoms with Gasteiger partial charge in [-0.2, -0.15) is 0 Å². The number of rotatable bonds is 9. The van der Waals surface area contributed by atoms with Gasteiger partial charge in [0.1, 0.15) is 5.75 Å². The van der Waals surface area contributed by atoms with Gasteiger partial charge in [0.25, 0.3) is 0 Å². The Morgan fingerprint density at radius 2 is 2.04 bits per heavy atom. The van der Waals surface area contributed by atoms with Crippen molar-refractivity contribution in [1.29, 1.82) is 0 Å². The largest absolute Gasteiger partial charge is 0.492 e. The van der Waals surface area contributed by atoms with Gasteiger partial charge in [-0.15, -0.1) is 10.2 Å². The molecule has 136 valence electrons. The van der Waals surface area contributed by atoms with Gasteiger partial charge in [-0.3, -0.25) is 4.79 Å². The van der Waals surface area contributed by atoms with Crippen molar-refractivity contribution in [2.45, 2.75) is 44.0 Å². The summed E-state index contributed by atoms with van der Waals surface area (Å²) in [7, 11) is 0. The zero-order chi connectivity index (χ0) is 18.3. The number of thioether (sulfide) groups is 1. The van der Waals surface area contributed by atoms with Crippen molar-refractivity contribution in [2.24, 2.45) is 0 Å². The van der Waals surface area contributed by atoms with Crippen LogP contribution >= 0.6 is 23.1 Å². The van der Waals surface area contributed by atoms with E-state index < -0.39 is 0 Å². The summed E-state index contributed by atoms with van der Waals surface area (Å²) in [5, 5.41) is 15.2. The Bertz CT molecular complexity index is 703. The molecule has 0 unspecified atom stereocenters. The Morgan fingerprint density at radius 1 is 1.28 bits per heavy atom. The number of carbonyl (C=O) groups excluding carboxylic acids is 1. The lowest BCUT2D eigenvalue weighted by Gasteiger charge is -2.24. The van der Waals surface area contributed by atoms with Crippen LogP contribution < -0.4 is 15.4 Å². The number of amides is 1. The third-order valence-electron chi connectivity index (χ3n) is 3.52. The van der Waals surface area contributed by atoms with Gasteiger partial charge >= 0.3 is 0 Å². The molecular formula is C17H24N4O2S2. The first-order valence-electron chi connectivity index (χ1n) is 8.19. The first-order chi connectivity index (χ1) is 11.9. The van der Waals surface area contributed by atoms with Crippen molar-refractivity contribution in [1.82, 2.24) is 15.5 Å². The van der Waals surface area contributed by atoms with E-state index in [-0.39, 0.29) is 11.4 Å². The van der Waals surface area contributed by atoms with E-state index >= 15 is 0 Å². The Morgan fingerprint density at radius 3 is 2.76 bits per heavy atom. The summed E-state index contributed by atoms with van der Waals surface area (Å²) in [5.41, 5.74) is 0.661. The summed E-state index contributed by atoms with van der Waals surface area (Å²) in [6.07, 6.45) is 0.884. The van der Waals surface area contributed by atoms with Gasteiger partial charge in [0.05, 0.1) is 18.0 Å². The molecule has 2 rings (SSSR count). The van der Waals surface area contributed by atoms with Gasteiger partial charge in [0, 0.05) is 5.54 Å². The third kappa shape index (κ3) is 6.21. The molecule has 1 heterocycles. The van der Waals surface area contributed by atoms with Gasteiger partial charge in [0.15, 0.2) is 4.34 Å². The molecule has 0 spiro atoms. The summed E-state index contributed by atoms with van der Waals surface area (Å²) < 4.78 is 6.34. The minimum absolute atomic E-state index is 0.00301. The second kappa shape index (κ2) is 9.05. The molecule has 0 saturated carbocycles. The zero-order valence-corrected chi connectivity index (χ0v) is 16.6. The maximum absolute atomic E-state index is 12.0. The van der Waals surface area contributed by atoms with E-state index in [2.05, 4.69) is 27.8 Å². The smallest absolute Gasteiger partial charge is 0.230 e. The predicted molar refractivity (Wildman–Crippen MR) is 104 cm³/mol. The standard InChI is InChI=1S/C17H24N4O2S2/c1-5-17(3,4)19-14(22)11-24-16-21-20-15(25-16)18-12-9-7-8-10-13(12)23-6-2/h7-10H,5-6,11H2,1-4H3,(H,18,20)(H,19,22). The summed E-state index contributed by atoms with van der Waals surface area (Å²) in [4.78, 5) is 12.0. The lowest BCUT2D eigenvalue weighted by Crippen LogP contribution is -2.43. The number of para-hydroxylation sites is 2.